The van der Waals surface area contributed by atoms with E-state index in [1.54, 1.807) is 3.61 Å². The summed E-state index contributed by atoms with van der Waals surface area (Å²) < 4.78 is 3.13. The summed E-state index contributed by atoms with van der Waals surface area (Å²) in [4.78, 5) is 0. The van der Waals surface area contributed by atoms with E-state index in [4.69, 9.17) is 0 Å². The molecule has 1 aromatic rings. The second-order valence-electron chi connectivity index (χ2n) is 5.84. The van der Waals surface area contributed by atoms with E-state index in [9.17, 15) is 0 Å². The van der Waals surface area contributed by atoms with Crippen LogP contribution in [0.2, 0.25) is 4.47 Å². The molecule has 0 fully saturated rings. The van der Waals surface area contributed by atoms with Crippen LogP contribution in [-0.4, -0.2) is 20.9 Å². The summed E-state index contributed by atoms with van der Waals surface area (Å²) in [6.07, 6.45) is 14.5. The summed E-state index contributed by atoms with van der Waals surface area (Å²) in [5.74, 6) is 0. The third-order valence-corrected chi connectivity index (χ3v) is 6.92. The molecule has 0 atom stereocenters. The second kappa shape index (κ2) is 12.7. The summed E-state index contributed by atoms with van der Waals surface area (Å²) in [7, 11) is 0. The first kappa shape index (κ1) is 18.1. The molecule has 1 rings (SSSR count). The molecule has 1 aromatic carbocycles. The van der Waals surface area contributed by atoms with E-state index in [-0.39, 0.29) is 20.9 Å². The average molecular weight is 388 g/mol. The van der Waals surface area contributed by atoms with Crippen molar-refractivity contribution >= 4 is 24.5 Å². The van der Waals surface area contributed by atoms with Gasteiger partial charge in [-0.15, -0.1) is 0 Å². The van der Waals surface area contributed by atoms with Crippen LogP contribution in [0.4, 0.5) is 0 Å². The topological polar surface area (TPSA) is 0 Å². The Balaban J connectivity index is 1.84. The van der Waals surface area contributed by atoms with Crippen molar-refractivity contribution < 1.29 is 0 Å². The minimum absolute atomic E-state index is 0.0985. The van der Waals surface area contributed by atoms with Crippen LogP contribution in [0.25, 0.3) is 0 Å². The molecule has 0 spiro atoms. The van der Waals surface area contributed by atoms with Crippen molar-refractivity contribution in [3.63, 3.8) is 0 Å². The van der Waals surface area contributed by atoms with E-state index < -0.39 is 0 Å². The maximum absolute atomic E-state index is 2.34. The van der Waals surface area contributed by atoms with Crippen LogP contribution in [0.5, 0.6) is 0 Å². The number of benzene rings is 1. The Hall–Kier alpha value is 0.00961. The summed E-state index contributed by atoms with van der Waals surface area (Å²) in [6, 6.07) is 9.21. The van der Waals surface area contributed by atoms with Crippen LogP contribution in [0.3, 0.4) is 0 Å². The molecule has 20 heavy (non-hydrogen) atoms. The summed E-state index contributed by atoms with van der Waals surface area (Å²) in [6.45, 7) is 4.46. The Bertz CT molecular complexity index is 315. The molecule has 0 bridgehead atoms. The fourth-order valence-electron chi connectivity index (χ4n) is 2.41. The van der Waals surface area contributed by atoms with Crippen LogP contribution in [0, 0.1) is 6.92 Å². The third-order valence-electron chi connectivity index (χ3n) is 3.79. The molecular weight excluding hydrogens is 356 g/mol. The molecule has 114 valence electrons. The molecule has 0 heterocycles. The molecule has 0 aliphatic heterocycles. The van der Waals surface area contributed by atoms with Gasteiger partial charge in [-0.05, 0) is 0 Å². The minimum atomic E-state index is 0.0985. The quantitative estimate of drug-likeness (QED) is 0.320. The van der Waals surface area contributed by atoms with Crippen LogP contribution in [-0.2, 0) is 0 Å². The van der Waals surface area contributed by atoms with Crippen molar-refractivity contribution in [3.8, 4) is 0 Å². The molecule has 1 heteroatoms. The van der Waals surface area contributed by atoms with E-state index in [1.165, 1.54) is 74.2 Å². The van der Waals surface area contributed by atoms with Gasteiger partial charge in [0.1, 0.15) is 0 Å². The zero-order chi connectivity index (χ0) is 14.5. The number of hydrogen-bond acceptors (Lipinski definition) is 0. The first-order chi connectivity index (χ1) is 9.83. The summed E-state index contributed by atoms with van der Waals surface area (Å²) >= 11 is 0.0985. The predicted molar refractivity (Wildman–Crippen MR) is 93.2 cm³/mol. The summed E-state index contributed by atoms with van der Waals surface area (Å²) in [5.41, 5.74) is 1.39. The van der Waals surface area contributed by atoms with Gasteiger partial charge in [-0.1, -0.05) is 0 Å². The van der Waals surface area contributed by atoms with E-state index in [1.807, 2.05) is 0 Å². The monoisotopic (exact) mass is 390 g/mol. The van der Waals surface area contributed by atoms with Crippen molar-refractivity contribution in [2.45, 2.75) is 82.5 Å². The molecule has 0 nitrogen and oxygen atoms in total. The van der Waals surface area contributed by atoms with Crippen molar-refractivity contribution in [2.75, 3.05) is 0 Å². The van der Waals surface area contributed by atoms with E-state index >= 15 is 0 Å². The Labute approximate surface area is 136 Å². The molecule has 0 saturated heterocycles. The Morgan fingerprint density at radius 1 is 0.700 bits per heavy atom. The van der Waals surface area contributed by atoms with E-state index in [0.29, 0.717) is 0 Å². The van der Waals surface area contributed by atoms with Gasteiger partial charge >= 0.3 is 137 Å². The molecule has 0 aliphatic rings. The van der Waals surface area contributed by atoms with Crippen LogP contribution in [0.15, 0.2) is 24.3 Å². The van der Waals surface area contributed by atoms with Crippen LogP contribution < -0.4 is 3.61 Å². The third kappa shape index (κ3) is 9.84. The van der Waals surface area contributed by atoms with E-state index in [2.05, 4.69) is 38.1 Å². The number of rotatable bonds is 12. The van der Waals surface area contributed by atoms with Gasteiger partial charge in [0, 0.05) is 0 Å². The number of unbranched alkanes of at least 4 members (excludes halogenated alkanes) is 9. The Morgan fingerprint density at radius 2 is 1.20 bits per heavy atom. The zero-order valence-electron chi connectivity index (χ0n) is 13.5. The van der Waals surface area contributed by atoms with Gasteiger partial charge in [0.05, 0.1) is 0 Å². The molecular formula is C19H32Te. The molecule has 0 radical (unpaired) electrons. The molecule has 0 aliphatic carbocycles. The van der Waals surface area contributed by atoms with Crippen molar-refractivity contribution in [1.82, 2.24) is 0 Å². The molecule has 0 unspecified atom stereocenters. The standard InChI is InChI=1S/C19H32Te/c1-3-4-5-6-7-8-9-10-11-12-17-20-19-15-13-18(2)14-16-19/h13-16H,3-12,17H2,1-2H3. The van der Waals surface area contributed by atoms with Crippen molar-refractivity contribution in [1.29, 1.82) is 0 Å². The first-order valence-electron chi connectivity index (χ1n) is 8.52. The normalized spacial score (nSPS) is 10.9. The fraction of sp³-hybridized carbons (Fsp3) is 0.684. The molecule has 0 amide bonds. The predicted octanol–water partition coefficient (Wildman–Crippen LogP) is 5.66. The fourth-order valence-corrected chi connectivity index (χ4v) is 5.02. The van der Waals surface area contributed by atoms with Gasteiger partial charge in [-0.25, -0.2) is 0 Å². The van der Waals surface area contributed by atoms with Gasteiger partial charge in [0.2, 0.25) is 0 Å². The van der Waals surface area contributed by atoms with Crippen LogP contribution in [0.1, 0.15) is 76.7 Å². The van der Waals surface area contributed by atoms with Gasteiger partial charge in [0.15, 0.2) is 0 Å². The Kier molecular flexibility index (Phi) is 11.5. The van der Waals surface area contributed by atoms with Gasteiger partial charge in [-0.2, -0.15) is 0 Å². The zero-order valence-corrected chi connectivity index (χ0v) is 15.8. The molecule has 0 saturated carbocycles. The summed E-state index contributed by atoms with van der Waals surface area (Å²) in [5, 5.41) is 0. The molecule has 0 aromatic heterocycles. The number of aryl methyl sites for hydroxylation is 1. The second-order valence-corrected chi connectivity index (χ2v) is 9.18. The number of hydrogen-bond donors (Lipinski definition) is 0. The van der Waals surface area contributed by atoms with Crippen molar-refractivity contribution in [3.05, 3.63) is 29.8 Å². The van der Waals surface area contributed by atoms with Crippen molar-refractivity contribution in [2.24, 2.45) is 0 Å². The maximum atomic E-state index is 2.34. The molecule has 0 N–H and O–H groups in total. The van der Waals surface area contributed by atoms with E-state index in [0.717, 1.165) is 0 Å². The average Bonchev–Trinajstić information content (AvgIpc) is 2.47. The SMILES string of the molecule is CCCCCCCCCCCC[Te]c1ccc(C)cc1. The van der Waals surface area contributed by atoms with Gasteiger partial charge in [0.25, 0.3) is 0 Å². The van der Waals surface area contributed by atoms with Gasteiger partial charge in [-0.3, -0.25) is 0 Å². The first-order valence-corrected chi connectivity index (χ1v) is 11.3. The Morgan fingerprint density at radius 3 is 1.75 bits per heavy atom. The van der Waals surface area contributed by atoms with Gasteiger partial charge < -0.3 is 0 Å². The van der Waals surface area contributed by atoms with Crippen LogP contribution >= 0.6 is 0 Å².